The van der Waals surface area contributed by atoms with Crippen molar-refractivity contribution >= 4 is 11.8 Å². The van der Waals surface area contributed by atoms with Crippen LogP contribution < -0.4 is 10.6 Å². The molecule has 192 valence electrons. The Kier molecular flexibility index (Phi) is 7.34. The highest BCUT2D eigenvalue weighted by molar-refractivity contribution is 5.87. The van der Waals surface area contributed by atoms with Crippen molar-refractivity contribution in [2.75, 3.05) is 13.1 Å². The van der Waals surface area contributed by atoms with E-state index in [1.807, 2.05) is 0 Å². The Labute approximate surface area is 207 Å². The number of hydrogen-bond acceptors (Lipinski definition) is 8. The number of nitrogens with zero attached hydrogens (tertiary/aromatic N) is 3. The molecule has 2 heterocycles. The quantitative estimate of drug-likeness (QED) is 0.324. The van der Waals surface area contributed by atoms with Gasteiger partial charge in [-0.1, -0.05) is 64.9 Å². The molecule has 0 aliphatic rings. The van der Waals surface area contributed by atoms with Crippen LogP contribution in [0.15, 0.2) is 63.6 Å². The molecule has 0 spiro atoms. The third-order valence-corrected chi connectivity index (χ3v) is 5.17. The Balaban J connectivity index is 1.54. The number of nitrogens with one attached hydrogen (secondary N) is 2. The minimum Gasteiger partial charge on any atom is -0.378 e. The molecule has 0 aliphatic carbocycles. The van der Waals surface area contributed by atoms with Crippen LogP contribution in [-0.4, -0.2) is 45.3 Å². The van der Waals surface area contributed by atoms with E-state index in [2.05, 4.69) is 25.9 Å². The Bertz CT molecular complexity index is 1380. The van der Waals surface area contributed by atoms with E-state index in [1.165, 1.54) is 36.4 Å². The molecule has 1 atom stereocenters. The lowest BCUT2D eigenvalue weighted by atomic mass is 10.1. The van der Waals surface area contributed by atoms with Gasteiger partial charge in [0, 0.05) is 17.7 Å². The van der Waals surface area contributed by atoms with Crippen LogP contribution in [0.5, 0.6) is 0 Å². The fourth-order valence-electron chi connectivity index (χ4n) is 3.41. The predicted octanol–water partition coefficient (Wildman–Crippen LogP) is 3.36. The third-order valence-electron chi connectivity index (χ3n) is 5.17. The Hall–Kier alpha value is -4.52. The molecule has 4 aromatic rings. The van der Waals surface area contributed by atoms with Gasteiger partial charge in [-0.2, -0.15) is 18.2 Å². The van der Waals surface area contributed by atoms with Crippen LogP contribution in [0, 0.1) is 0 Å². The molecule has 13 heteroatoms. The molecule has 0 radical (unpaired) electrons. The first-order valence-corrected chi connectivity index (χ1v) is 11.0. The number of alkyl halides is 3. The van der Waals surface area contributed by atoms with E-state index >= 15 is 0 Å². The standard InChI is InChI=1S/C24H20F3N5O5/c1-2-28-16(33)12-29-22(35)19(34)14-8-10-15(11-9-14)21-30-23(37-32-21)20-17(24(25,26)27)18(31-36-20)13-6-4-3-5-7-13/h3-11,19,34H,2,12H2,1H3,(H,28,33)(H,29,35)/t19-/m1/s1. The second-order valence-corrected chi connectivity index (χ2v) is 7.72. The maximum absolute atomic E-state index is 13.9. The van der Waals surface area contributed by atoms with Crippen molar-refractivity contribution in [1.29, 1.82) is 0 Å². The van der Waals surface area contributed by atoms with Crippen LogP contribution >= 0.6 is 0 Å². The predicted molar refractivity (Wildman–Crippen MR) is 122 cm³/mol. The molecule has 37 heavy (non-hydrogen) atoms. The summed E-state index contributed by atoms with van der Waals surface area (Å²) in [5.41, 5.74) is -0.806. The van der Waals surface area contributed by atoms with Crippen molar-refractivity contribution in [2.45, 2.75) is 19.2 Å². The minimum atomic E-state index is -4.81. The largest absolute Gasteiger partial charge is 0.422 e. The highest BCUT2D eigenvalue weighted by Gasteiger charge is 2.43. The summed E-state index contributed by atoms with van der Waals surface area (Å²) < 4.78 is 51.7. The molecule has 0 bridgehead atoms. The highest BCUT2D eigenvalue weighted by atomic mass is 19.4. The van der Waals surface area contributed by atoms with Gasteiger partial charge in [0.1, 0.15) is 11.3 Å². The molecular weight excluding hydrogens is 495 g/mol. The monoisotopic (exact) mass is 515 g/mol. The zero-order chi connectivity index (χ0) is 26.6. The Morgan fingerprint density at radius 3 is 2.32 bits per heavy atom. The first kappa shape index (κ1) is 25.6. The van der Waals surface area contributed by atoms with E-state index in [0.717, 1.165) is 0 Å². The minimum absolute atomic E-state index is 0.0532. The van der Waals surface area contributed by atoms with E-state index < -0.39 is 47.0 Å². The summed E-state index contributed by atoms with van der Waals surface area (Å²) in [5, 5.41) is 22.4. The van der Waals surface area contributed by atoms with Crippen LogP contribution in [0.2, 0.25) is 0 Å². The van der Waals surface area contributed by atoms with Gasteiger partial charge >= 0.3 is 6.18 Å². The lowest BCUT2D eigenvalue weighted by Crippen LogP contribution is -2.38. The number of hydrogen-bond donors (Lipinski definition) is 3. The van der Waals surface area contributed by atoms with E-state index in [1.54, 1.807) is 25.1 Å². The van der Waals surface area contributed by atoms with Crippen LogP contribution in [0.4, 0.5) is 13.2 Å². The number of carbonyl (C=O) groups is 2. The van der Waals surface area contributed by atoms with Crippen molar-refractivity contribution in [1.82, 2.24) is 25.9 Å². The molecule has 0 aliphatic heterocycles. The molecule has 2 amide bonds. The smallest absolute Gasteiger partial charge is 0.378 e. The van der Waals surface area contributed by atoms with Crippen molar-refractivity contribution in [3.05, 3.63) is 65.7 Å². The molecule has 4 rings (SSSR count). The zero-order valence-electron chi connectivity index (χ0n) is 19.2. The molecule has 0 saturated carbocycles. The number of aliphatic hydroxyl groups is 1. The summed E-state index contributed by atoms with van der Waals surface area (Å²) in [5.74, 6) is -2.48. The lowest BCUT2D eigenvalue weighted by molar-refractivity contribution is -0.137. The fourth-order valence-corrected chi connectivity index (χ4v) is 3.41. The lowest BCUT2D eigenvalue weighted by Gasteiger charge is -2.11. The number of likely N-dealkylation sites (N-methyl/N-ethyl adjacent to an activating group) is 1. The molecule has 10 nitrogen and oxygen atoms in total. The average Bonchev–Trinajstić information content (AvgIpc) is 3.55. The number of benzene rings is 2. The maximum Gasteiger partial charge on any atom is 0.422 e. The molecule has 3 N–H and O–H groups in total. The third kappa shape index (κ3) is 5.67. The molecular formula is C24H20F3N5O5. The topological polar surface area (TPSA) is 143 Å². The molecule has 2 aromatic heterocycles. The summed E-state index contributed by atoms with van der Waals surface area (Å²) in [6.07, 6.45) is -6.37. The van der Waals surface area contributed by atoms with Crippen LogP contribution in [0.1, 0.15) is 24.2 Å². The highest BCUT2D eigenvalue weighted by Crippen LogP contribution is 2.43. The summed E-state index contributed by atoms with van der Waals surface area (Å²) in [7, 11) is 0. The van der Waals surface area contributed by atoms with Gasteiger partial charge in [-0.05, 0) is 12.5 Å². The summed E-state index contributed by atoms with van der Waals surface area (Å²) in [6, 6.07) is 13.4. The van der Waals surface area contributed by atoms with Gasteiger partial charge in [0.05, 0.1) is 6.54 Å². The second kappa shape index (κ2) is 10.6. The number of rotatable bonds is 8. The molecule has 2 aromatic carbocycles. The van der Waals surface area contributed by atoms with Crippen molar-refractivity contribution in [3.8, 4) is 34.3 Å². The number of carbonyl (C=O) groups excluding carboxylic acids is 2. The van der Waals surface area contributed by atoms with Crippen LogP contribution in [0.3, 0.4) is 0 Å². The van der Waals surface area contributed by atoms with Gasteiger partial charge < -0.3 is 24.8 Å². The molecule has 0 saturated heterocycles. The van der Waals surface area contributed by atoms with Crippen molar-refractivity contribution < 1.29 is 36.9 Å². The van der Waals surface area contributed by atoms with E-state index in [9.17, 15) is 27.9 Å². The molecule has 0 fully saturated rings. The van der Waals surface area contributed by atoms with Crippen molar-refractivity contribution in [2.24, 2.45) is 0 Å². The second-order valence-electron chi connectivity index (χ2n) is 7.72. The van der Waals surface area contributed by atoms with Gasteiger partial charge in [-0.15, -0.1) is 0 Å². The summed E-state index contributed by atoms with van der Waals surface area (Å²) in [4.78, 5) is 27.6. The Morgan fingerprint density at radius 1 is 0.973 bits per heavy atom. The number of aliphatic hydroxyl groups excluding tert-OH is 1. The van der Waals surface area contributed by atoms with Gasteiger partial charge in [-0.25, -0.2) is 0 Å². The normalized spacial score (nSPS) is 12.2. The van der Waals surface area contributed by atoms with Crippen LogP contribution in [0.25, 0.3) is 34.3 Å². The molecule has 0 unspecified atom stereocenters. The summed E-state index contributed by atoms with van der Waals surface area (Å²) in [6.45, 7) is 1.84. The zero-order valence-corrected chi connectivity index (χ0v) is 19.2. The van der Waals surface area contributed by atoms with Gasteiger partial charge in [0.15, 0.2) is 6.10 Å². The van der Waals surface area contributed by atoms with Crippen LogP contribution in [-0.2, 0) is 15.8 Å². The maximum atomic E-state index is 13.9. The number of aromatic nitrogens is 3. The first-order chi connectivity index (χ1) is 17.7. The van der Waals surface area contributed by atoms with E-state index in [-0.39, 0.29) is 23.5 Å². The fraction of sp³-hybridized carbons (Fsp3) is 0.208. The van der Waals surface area contributed by atoms with Crippen molar-refractivity contribution in [3.63, 3.8) is 0 Å². The van der Waals surface area contributed by atoms with E-state index in [0.29, 0.717) is 12.1 Å². The number of amides is 2. The summed E-state index contributed by atoms with van der Waals surface area (Å²) >= 11 is 0. The Morgan fingerprint density at radius 2 is 1.68 bits per heavy atom. The number of halogens is 3. The SMILES string of the molecule is CCNC(=O)CNC(=O)[C@H](O)c1ccc(-c2noc(-c3onc(-c4ccccc4)c3C(F)(F)F)n2)cc1. The van der Waals surface area contributed by atoms with Gasteiger partial charge in [0.2, 0.25) is 17.5 Å². The van der Waals surface area contributed by atoms with Gasteiger partial charge in [-0.3, -0.25) is 9.59 Å². The first-order valence-electron chi connectivity index (χ1n) is 11.0. The van der Waals surface area contributed by atoms with E-state index in [4.69, 9.17) is 9.05 Å². The van der Waals surface area contributed by atoms with Gasteiger partial charge in [0.25, 0.3) is 11.8 Å². The average molecular weight is 515 g/mol.